The highest BCUT2D eigenvalue weighted by molar-refractivity contribution is 5.97. The van der Waals surface area contributed by atoms with E-state index >= 15 is 0 Å². The quantitative estimate of drug-likeness (QED) is 0.879. The van der Waals surface area contributed by atoms with Gasteiger partial charge in [0, 0.05) is 12.6 Å². The fourth-order valence-corrected chi connectivity index (χ4v) is 2.84. The molecule has 1 aromatic rings. The fourth-order valence-electron chi connectivity index (χ4n) is 2.84. The number of hydrogen-bond donors (Lipinski definition) is 2. The Balaban J connectivity index is 2.15. The van der Waals surface area contributed by atoms with E-state index in [1.807, 2.05) is 4.90 Å². The van der Waals surface area contributed by atoms with Crippen molar-refractivity contribution in [3.8, 4) is 0 Å². The highest BCUT2D eigenvalue weighted by Gasteiger charge is 2.30. The molecule has 1 saturated heterocycles. The van der Waals surface area contributed by atoms with Gasteiger partial charge in [-0.05, 0) is 32.1 Å². The summed E-state index contributed by atoms with van der Waals surface area (Å²) in [5, 5.41) is 7.02. The third-order valence-electron chi connectivity index (χ3n) is 3.98. The maximum atomic E-state index is 12.5. The van der Waals surface area contributed by atoms with E-state index in [9.17, 15) is 4.79 Å². The minimum absolute atomic E-state index is 0.0319. The van der Waals surface area contributed by atoms with Crippen molar-refractivity contribution >= 4 is 11.6 Å². The normalized spacial score (nSPS) is 23.6. The molecule has 0 bridgehead atoms. The second-order valence-corrected chi connectivity index (χ2v) is 5.69. The van der Waals surface area contributed by atoms with E-state index in [4.69, 9.17) is 5.73 Å². The number of nitrogens with zero attached hydrogens (tertiary/aromatic N) is 2. The van der Waals surface area contributed by atoms with Crippen molar-refractivity contribution in [3.63, 3.8) is 0 Å². The van der Waals surface area contributed by atoms with Crippen molar-refractivity contribution in [3.05, 3.63) is 11.4 Å². The van der Waals surface area contributed by atoms with Crippen LogP contribution in [0.15, 0.2) is 0 Å². The summed E-state index contributed by atoms with van der Waals surface area (Å²) in [5.74, 6) is 0.654. The van der Waals surface area contributed by atoms with Gasteiger partial charge in [0.25, 0.3) is 5.91 Å². The van der Waals surface area contributed by atoms with Crippen LogP contribution in [-0.2, 0) is 6.42 Å². The van der Waals surface area contributed by atoms with Gasteiger partial charge in [0.2, 0.25) is 0 Å². The van der Waals surface area contributed by atoms with Gasteiger partial charge < -0.3 is 10.6 Å². The second-order valence-electron chi connectivity index (χ2n) is 5.69. The molecule has 2 atom stereocenters. The molecule has 5 nitrogen and oxygen atoms in total. The van der Waals surface area contributed by atoms with Crippen LogP contribution >= 0.6 is 0 Å². The Kier molecular flexibility index (Phi) is 4.12. The molecule has 1 amide bonds. The van der Waals surface area contributed by atoms with E-state index in [1.165, 1.54) is 0 Å². The number of nitrogen functional groups attached to an aromatic ring is 1. The number of hydrogen-bond acceptors (Lipinski definition) is 3. The smallest absolute Gasteiger partial charge is 0.276 e. The van der Waals surface area contributed by atoms with Gasteiger partial charge in [-0.3, -0.25) is 9.89 Å². The Morgan fingerprint density at radius 1 is 1.53 bits per heavy atom. The number of H-pyrrole nitrogens is 1. The Morgan fingerprint density at radius 3 is 2.89 bits per heavy atom. The van der Waals surface area contributed by atoms with Crippen LogP contribution in [0.25, 0.3) is 0 Å². The number of nitrogens with two attached hydrogens (primary N) is 1. The minimum Gasteiger partial charge on any atom is -0.395 e. The lowest BCUT2D eigenvalue weighted by Crippen LogP contribution is -2.44. The molecule has 0 aromatic carbocycles. The summed E-state index contributed by atoms with van der Waals surface area (Å²) in [5.41, 5.74) is 7.83. The molecule has 0 radical (unpaired) electrons. The van der Waals surface area contributed by atoms with Crippen LogP contribution in [0.1, 0.15) is 56.2 Å². The summed E-state index contributed by atoms with van der Waals surface area (Å²) in [7, 11) is 0. The first-order chi connectivity index (χ1) is 9.04. The highest BCUT2D eigenvalue weighted by atomic mass is 16.2. The second kappa shape index (κ2) is 5.63. The molecule has 2 unspecified atom stereocenters. The third kappa shape index (κ3) is 2.74. The van der Waals surface area contributed by atoms with Crippen molar-refractivity contribution < 1.29 is 4.79 Å². The lowest BCUT2D eigenvalue weighted by atomic mass is 9.93. The molecule has 2 rings (SSSR count). The first-order valence-corrected chi connectivity index (χ1v) is 7.18. The molecule has 1 aliphatic rings. The number of carbonyl (C=O) groups excluding carboxylic acids is 1. The average Bonchev–Trinajstić information content (AvgIpc) is 2.71. The molecule has 1 aliphatic heterocycles. The maximum absolute atomic E-state index is 12.5. The van der Waals surface area contributed by atoms with Crippen LogP contribution in [0.4, 0.5) is 5.69 Å². The standard InChI is InChI=1S/C14H24N4O/c1-4-5-11-12(15)13(17-16-11)14(19)18-7-6-9(2)8-10(18)3/h9-10H,4-8,15H2,1-3H3,(H,16,17). The first kappa shape index (κ1) is 13.9. The average molecular weight is 264 g/mol. The van der Waals surface area contributed by atoms with Crippen molar-refractivity contribution in [1.29, 1.82) is 0 Å². The summed E-state index contributed by atoms with van der Waals surface area (Å²) in [6, 6.07) is 0.266. The van der Waals surface area contributed by atoms with Crippen LogP contribution in [0, 0.1) is 5.92 Å². The zero-order chi connectivity index (χ0) is 14.0. The van der Waals surface area contributed by atoms with Crippen LogP contribution in [0.5, 0.6) is 0 Å². The van der Waals surface area contributed by atoms with Crippen molar-refractivity contribution in [2.75, 3.05) is 12.3 Å². The zero-order valence-electron chi connectivity index (χ0n) is 12.1. The SMILES string of the molecule is CCCc1[nH]nc(C(=O)N2CCC(C)CC2C)c1N. The number of carbonyl (C=O) groups is 1. The van der Waals surface area contributed by atoms with E-state index in [0.717, 1.165) is 37.9 Å². The Hall–Kier alpha value is -1.52. The third-order valence-corrected chi connectivity index (χ3v) is 3.98. The minimum atomic E-state index is -0.0319. The summed E-state index contributed by atoms with van der Waals surface area (Å²) in [6.45, 7) is 7.22. The van der Waals surface area contributed by atoms with Crippen LogP contribution in [0.3, 0.4) is 0 Å². The van der Waals surface area contributed by atoms with Gasteiger partial charge in [-0.2, -0.15) is 5.10 Å². The van der Waals surface area contributed by atoms with Gasteiger partial charge in [-0.25, -0.2) is 0 Å². The van der Waals surface area contributed by atoms with Gasteiger partial charge in [0.15, 0.2) is 5.69 Å². The summed E-state index contributed by atoms with van der Waals surface area (Å²) >= 11 is 0. The molecule has 19 heavy (non-hydrogen) atoms. The largest absolute Gasteiger partial charge is 0.395 e. The Labute approximate surface area is 114 Å². The number of aryl methyl sites for hydroxylation is 1. The van der Waals surface area contributed by atoms with E-state index in [0.29, 0.717) is 17.3 Å². The molecule has 1 fully saturated rings. The van der Waals surface area contributed by atoms with Gasteiger partial charge in [0.05, 0.1) is 11.4 Å². The summed E-state index contributed by atoms with van der Waals surface area (Å²) in [6.07, 6.45) is 3.93. The van der Waals surface area contributed by atoms with E-state index in [2.05, 4.69) is 31.0 Å². The van der Waals surface area contributed by atoms with Crippen molar-refractivity contribution in [2.45, 2.75) is 52.5 Å². The predicted octanol–water partition coefficient (Wildman–Crippen LogP) is 2.21. The van der Waals surface area contributed by atoms with Crippen LogP contribution in [-0.4, -0.2) is 33.6 Å². The molecule has 5 heteroatoms. The topological polar surface area (TPSA) is 75.0 Å². The van der Waals surface area contributed by atoms with E-state index in [1.54, 1.807) is 0 Å². The molecule has 3 N–H and O–H groups in total. The van der Waals surface area contributed by atoms with Crippen molar-refractivity contribution in [2.24, 2.45) is 5.92 Å². The molecular weight excluding hydrogens is 240 g/mol. The summed E-state index contributed by atoms with van der Waals surface area (Å²) < 4.78 is 0. The molecule has 106 valence electrons. The summed E-state index contributed by atoms with van der Waals surface area (Å²) in [4.78, 5) is 14.4. The lowest BCUT2D eigenvalue weighted by molar-refractivity contribution is 0.0583. The highest BCUT2D eigenvalue weighted by Crippen LogP contribution is 2.25. The first-order valence-electron chi connectivity index (χ1n) is 7.18. The van der Waals surface area contributed by atoms with Gasteiger partial charge >= 0.3 is 0 Å². The fraction of sp³-hybridized carbons (Fsp3) is 0.714. The molecule has 0 aliphatic carbocycles. The number of anilines is 1. The number of piperidine rings is 1. The molecule has 1 aromatic heterocycles. The lowest BCUT2D eigenvalue weighted by Gasteiger charge is -2.36. The Morgan fingerprint density at radius 2 is 2.26 bits per heavy atom. The number of likely N-dealkylation sites (tertiary alicyclic amines) is 1. The van der Waals surface area contributed by atoms with Crippen LogP contribution < -0.4 is 5.73 Å². The van der Waals surface area contributed by atoms with Gasteiger partial charge in [-0.15, -0.1) is 0 Å². The predicted molar refractivity (Wildman–Crippen MR) is 75.9 cm³/mol. The number of aromatic nitrogens is 2. The molecular formula is C14H24N4O. The maximum Gasteiger partial charge on any atom is 0.276 e. The number of aromatic amines is 1. The zero-order valence-corrected chi connectivity index (χ0v) is 12.1. The van der Waals surface area contributed by atoms with Gasteiger partial charge in [0.1, 0.15) is 0 Å². The van der Waals surface area contributed by atoms with E-state index < -0.39 is 0 Å². The van der Waals surface area contributed by atoms with E-state index in [-0.39, 0.29) is 11.9 Å². The number of amides is 1. The molecule has 2 heterocycles. The van der Waals surface area contributed by atoms with Crippen molar-refractivity contribution in [1.82, 2.24) is 15.1 Å². The van der Waals surface area contributed by atoms with Gasteiger partial charge in [-0.1, -0.05) is 20.3 Å². The van der Waals surface area contributed by atoms with Crippen LogP contribution in [0.2, 0.25) is 0 Å². The number of nitrogens with one attached hydrogen (secondary N) is 1. The number of rotatable bonds is 3. The monoisotopic (exact) mass is 264 g/mol. The molecule has 0 saturated carbocycles. The Bertz CT molecular complexity index is 454. The molecule has 0 spiro atoms.